The van der Waals surface area contributed by atoms with Crippen molar-refractivity contribution in [1.82, 2.24) is 5.32 Å². The van der Waals surface area contributed by atoms with Crippen LogP contribution in [0.15, 0.2) is 42.5 Å². The van der Waals surface area contributed by atoms with Gasteiger partial charge in [0.15, 0.2) is 0 Å². The first kappa shape index (κ1) is 14.5. The number of nitrogens with one attached hydrogen (secondary N) is 1. The van der Waals surface area contributed by atoms with Gasteiger partial charge >= 0.3 is 0 Å². The fourth-order valence-electron chi connectivity index (χ4n) is 2.21. The highest BCUT2D eigenvalue weighted by Crippen LogP contribution is 2.30. The van der Waals surface area contributed by atoms with Crippen molar-refractivity contribution in [3.05, 3.63) is 53.8 Å². The topological polar surface area (TPSA) is 21.3 Å². The second kappa shape index (κ2) is 6.53. The van der Waals surface area contributed by atoms with Crippen LogP contribution in [0.4, 0.5) is 4.39 Å². The van der Waals surface area contributed by atoms with Crippen LogP contribution in [0.3, 0.4) is 0 Å². The normalized spacial score (nSPS) is 12.2. The molecule has 2 rings (SSSR count). The quantitative estimate of drug-likeness (QED) is 0.882. The van der Waals surface area contributed by atoms with Gasteiger partial charge in [0.2, 0.25) is 0 Å². The third-order valence-corrected chi connectivity index (χ3v) is 3.39. The molecule has 0 bridgehead atoms. The molecule has 0 aliphatic rings. The van der Waals surface area contributed by atoms with Crippen LogP contribution >= 0.6 is 0 Å². The minimum atomic E-state index is -0.221. The molecule has 3 heteroatoms. The van der Waals surface area contributed by atoms with E-state index in [0.717, 1.165) is 22.4 Å². The summed E-state index contributed by atoms with van der Waals surface area (Å²) in [5, 5.41) is 3.20. The number of hydrogen-bond donors (Lipinski definition) is 1. The maximum absolute atomic E-state index is 13.6. The highest BCUT2D eigenvalue weighted by atomic mass is 19.1. The molecule has 0 spiro atoms. The van der Waals surface area contributed by atoms with Crippen LogP contribution in [-0.4, -0.2) is 13.7 Å². The third-order valence-electron chi connectivity index (χ3n) is 3.39. The Morgan fingerprint density at radius 1 is 1.15 bits per heavy atom. The van der Waals surface area contributed by atoms with Crippen molar-refractivity contribution >= 4 is 0 Å². The number of rotatable bonds is 5. The SMILES string of the molecule is CCOc1ccc(-c2cc(F)ccc2C(C)NC)cc1. The molecule has 0 saturated carbocycles. The average Bonchev–Trinajstić information content (AvgIpc) is 2.47. The Kier molecular flexibility index (Phi) is 4.74. The van der Waals surface area contributed by atoms with E-state index in [2.05, 4.69) is 12.2 Å². The molecule has 0 aromatic heterocycles. The predicted molar refractivity (Wildman–Crippen MR) is 80.5 cm³/mol. The Morgan fingerprint density at radius 2 is 1.85 bits per heavy atom. The largest absolute Gasteiger partial charge is 0.494 e. The van der Waals surface area contributed by atoms with Crippen LogP contribution in [-0.2, 0) is 0 Å². The van der Waals surface area contributed by atoms with Gasteiger partial charge in [-0.3, -0.25) is 0 Å². The Labute approximate surface area is 119 Å². The van der Waals surface area contributed by atoms with E-state index < -0.39 is 0 Å². The van der Waals surface area contributed by atoms with Crippen LogP contribution in [0.25, 0.3) is 11.1 Å². The van der Waals surface area contributed by atoms with Gasteiger partial charge < -0.3 is 10.1 Å². The zero-order valence-electron chi connectivity index (χ0n) is 12.1. The molecular weight excluding hydrogens is 253 g/mol. The average molecular weight is 273 g/mol. The van der Waals surface area contributed by atoms with Gasteiger partial charge in [-0.25, -0.2) is 4.39 Å². The number of ether oxygens (including phenoxy) is 1. The lowest BCUT2D eigenvalue weighted by Gasteiger charge is -2.16. The Balaban J connectivity index is 2.42. The van der Waals surface area contributed by atoms with E-state index in [1.54, 1.807) is 6.07 Å². The van der Waals surface area contributed by atoms with Crippen molar-refractivity contribution < 1.29 is 9.13 Å². The first-order chi connectivity index (χ1) is 9.65. The minimum absolute atomic E-state index is 0.164. The summed E-state index contributed by atoms with van der Waals surface area (Å²) in [5.41, 5.74) is 2.98. The van der Waals surface area contributed by atoms with E-state index in [4.69, 9.17) is 4.74 Å². The maximum atomic E-state index is 13.6. The standard InChI is InChI=1S/C17H20FNO/c1-4-20-15-8-5-13(6-9-15)17-11-14(18)7-10-16(17)12(2)19-3/h5-12,19H,4H2,1-3H3. The van der Waals surface area contributed by atoms with Crippen LogP contribution in [0.1, 0.15) is 25.5 Å². The molecular formula is C17H20FNO. The maximum Gasteiger partial charge on any atom is 0.123 e. The van der Waals surface area contributed by atoms with Crippen molar-refractivity contribution in [2.75, 3.05) is 13.7 Å². The van der Waals surface area contributed by atoms with Gasteiger partial charge in [-0.05, 0) is 61.9 Å². The van der Waals surface area contributed by atoms with Gasteiger partial charge in [-0.1, -0.05) is 18.2 Å². The van der Waals surface area contributed by atoms with Crippen LogP contribution in [0.5, 0.6) is 5.75 Å². The van der Waals surface area contributed by atoms with E-state index in [9.17, 15) is 4.39 Å². The summed E-state index contributed by atoms with van der Waals surface area (Å²) in [5.74, 6) is 0.608. The first-order valence-corrected chi connectivity index (χ1v) is 6.85. The smallest absolute Gasteiger partial charge is 0.123 e. The van der Waals surface area contributed by atoms with Crippen LogP contribution in [0.2, 0.25) is 0 Å². The van der Waals surface area contributed by atoms with Crippen LogP contribution in [0, 0.1) is 5.82 Å². The molecule has 1 unspecified atom stereocenters. The molecule has 0 heterocycles. The second-order valence-corrected chi connectivity index (χ2v) is 4.70. The van der Waals surface area contributed by atoms with E-state index in [1.807, 2.05) is 44.3 Å². The first-order valence-electron chi connectivity index (χ1n) is 6.85. The Morgan fingerprint density at radius 3 is 2.45 bits per heavy atom. The molecule has 0 saturated heterocycles. The van der Waals surface area contributed by atoms with Crippen LogP contribution < -0.4 is 10.1 Å². The zero-order chi connectivity index (χ0) is 14.5. The predicted octanol–water partition coefficient (Wildman–Crippen LogP) is 4.17. The van der Waals surface area contributed by atoms with Crippen molar-refractivity contribution in [1.29, 1.82) is 0 Å². The van der Waals surface area contributed by atoms with Crippen molar-refractivity contribution in [3.63, 3.8) is 0 Å². The van der Waals surface area contributed by atoms with E-state index >= 15 is 0 Å². The summed E-state index contributed by atoms with van der Waals surface area (Å²) >= 11 is 0. The molecule has 0 amide bonds. The summed E-state index contributed by atoms with van der Waals surface area (Å²) in [4.78, 5) is 0. The molecule has 0 radical (unpaired) electrons. The number of benzene rings is 2. The fraction of sp³-hybridized carbons (Fsp3) is 0.294. The number of hydrogen-bond acceptors (Lipinski definition) is 2. The highest BCUT2D eigenvalue weighted by Gasteiger charge is 2.11. The summed E-state index contributed by atoms with van der Waals surface area (Å²) < 4.78 is 19.0. The molecule has 0 aliphatic carbocycles. The van der Waals surface area contributed by atoms with Gasteiger partial charge in [-0.15, -0.1) is 0 Å². The van der Waals surface area contributed by atoms with Gasteiger partial charge in [0.1, 0.15) is 11.6 Å². The zero-order valence-corrected chi connectivity index (χ0v) is 12.1. The third kappa shape index (κ3) is 3.17. The molecule has 106 valence electrons. The summed E-state index contributed by atoms with van der Waals surface area (Å²) in [7, 11) is 1.90. The van der Waals surface area contributed by atoms with Crippen molar-refractivity contribution in [3.8, 4) is 16.9 Å². The Hall–Kier alpha value is -1.87. The van der Waals surface area contributed by atoms with Crippen molar-refractivity contribution in [2.45, 2.75) is 19.9 Å². The summed E-state index contributed by atoms with van der Waals surface area (Å²) in [6.45, 7) is 4.65. The summed E-state index contributed by atoms with van der Waals surface area (Å²) in [6, 6.07) is 12.8. The monoisotopic (exact) mass is 273 g/mol. The van der Waals surface area contributed by atoms with Crippen molar-refractivity contribution in [2.24, 2.45) is 0 Å². The fourth-order valence-corrected chi connectivity index (χ4v) is 2.21. The van der Waals surface area contributed by atoms with Gasteiger partial charge in [0, 0.05) is 6.04 Å². The highest BCUT2D eigenvalue weighted by molar-refractivity contribution is 5.68. The van der Waals surface area contributed by atoms with E-state index in [1.165, 1.54) is 6.07 Å². The molecule has 2 aromatic carbocycles. The molecule has 1 atom stereocenters. The van der Waals surface area contributed by atoms with Gasteiger partial charge in [0.05, 0.1) is 6.61 Å². The number of halogens is 1. The molecule has 2 aromatic rings. The lowest BCUT2D eigenvalue weighted by molar-refractivity contribution is 0.340. The lowest BCUT2D eigenvalue weighted by atomic mass is 9.95. The van der Waals surface area contributed by atoms with E-state index in [-0.39, 0.29) is 11.9 Å². The van der Waals surface area contributed by atoms with Gasteiger partial charge in [0.25, 0.3) is 0 Å². The second-order valence-electron chi connectivity index (χ2n) is 4.70. The van der Waals surface area contributed by atoms with Gasteiger partial charge in [-0.2, -0.15) is 0 Å². The molecule has 20 heavy (non-hydrogen) atoms. The van der Waals surface area contributed by atoms with E-state index in [0.29, 0.717) is 6.61 Å². The lowest BCUT2D eigenvalue weighted by Crippen LogP contribution is -2.13. The minimum Gasteiger partial charge on any atom is -0.494 e. The molecule has 1 N–H and O–H groups in total. The molecule has 2 nitrogen and oxygen atoms in total. The Bertz CT molecular complexity index is 566. The summed E-state index contributed by atoms with van der Waals surface area (Å²) in [6.07, 6.45) is 0. The molecule has 0 aliphatic heterocycles. The molecule has 0 fully saturated rings.